The minimum Gasteiger partial charge on any atom is -0.329 e. The molecule has 0 atom stereocenters. The fourth-order valence-corrected chi connectivity index (χ4v) is 3.81. The molecule has 116 valence electrons. The number of rotatable bonds is 4. The zero-order chi connectivity index (χ0) is 15.7. The lowest BCUT2D eigenvalue weighted by Crippen LogP contribution is -2.40. The van der Waals surface area contributed by atoms with E-state index >= 15 is 0 Å². The van der Waals surface area contributed by atoms with Crippen LogP contribution in [0.3, 0.4) is 0 Å². The number of carbonyl (C=O) groups is 1. The van der Waals surface area contributed by atoms with Crippen LogP contribution in [-0.4, -0.2) is 37.1 Å². The molecule has 0 spiro atoms. The summed E-state index contributed by atoms with van der Waals surface area (Å²) in [5, 5.41) is 3.42. The second-order valence-electron chi connectivity index (χ2n) is 5.21. The molecule has 1 aliphatic heterocycles. The van der Waals surface area contributed by atoms with Crippen LogP contribution in [0.15, 0.2) is 27.7 Å². The van der Waals surface area contributed by atoms with Crippen LogP contribution in [0.2, 0.25) is 0 Å². The van der Waals surface area contributed by atoms with Gasteiger partial charge in [-0.15, -0.1) is 11.3 Å². The molecular formula is C14H16N4O2S2. The number of amides is 1. The van der Waals surface area contributed by atoms with Crippen molar-refractivity contribution in [3.63, 3.8) is 0 Å². The van der Waals surface area contributed by atoms with Crippen LogP contribution in [-0.2, 0) is 13.1 Å². The average Bonchev–Trinajstić information content (AvgIpc) is 3.15. The van der Waals surface area contributed by atoms with Crippen molar-refractivity contribution in [2.24, 2.45) is 0 Å². The largest absolute Gasteiger partial charge is 0.329 e. The number of thiazole rings is 1. The Morgan fingerprint density at radius 2 is 2.27 bits per heavy atom. The first-order valence-corrected chi connectivity index (χ1v) is 8.86. The number of hydrogen-bond donors (Lipinski definition) is 0. The second-order valence-corrected chi connectivity index (χ2v) is 7.25. The van der Waals surface area contributed by atoms with Crippen molar-refractivity contribution in [2.45, 2.75) is 38.1 Å². The summed E-state index contributed by atoms with van der Waals surface area (Å²) >= 11 is 3.04. The molecule has 22 heavy (non-hydrogen) atoms. The molecule has 0 saturated heterocycles. The van der Waals surface area contributed by atoms with Crippen LogP contribution in [0.5, 0.6) is 0 Å². The highest BCUT2D eigenvalue weighted by atomic mass is 32.2. The Morgan fingerprint density at radius 1 is 1.45 bits per heavy atom. The minimum atomic E-state index is -0.282. The van der Waals surface area contributed by atoms with Crippen molar-refractivity contribution in [1.29, 1.82) is 0 Å². The van der Waals surface area contributed by atoms with Crippen LogP contribution in [0.4, 0.5) is 0 Å². The first-order chi connectivity index (χ1) is 10.6. The maximum absolute atomic E-state index is 12.8. The summed E-state index contributed by atoms with van der Waals surface area (Å²) < 4.78 is 1.58. The van der Waals surface area contributed by atoms with E-state index in [-0.39, 0.29) is 23.1 Å². The number of thioether (sulfide) groups is 1. The van der Waals surface area contributed by atoms with E-state index in [1.807, 2.05) is 19.2 Å². The van der Waals surface area contributed by atoms with Crippen LogP contribution in [0.1, 0.15) is 29.2 Å². The molecule has 0 radical (unpaired) electrons. The van der Waals surface area contributed by atoms with Gasteiger partial charge < -0.3 is 4.90 Å². The lowest BCUT2D eigenvalue weighted by Gasteiger charge is -2.25. The van der Waals surface area contributed by atoms with Gasteiger partial charge in [0.2, 0.25) is 0 Å². The lowest BCUT2D eigenvalue weighted by molar-refractivity contribution is 0.0686. The molecule has 1 amide bonds. The molecule has 2 aromatic rings. The van der Waals surface area contributed by atoms with Gasteiger partial charge in [-0.3, -0.25) is 14.2 Å². The van der Waals surface area contributed by atoms with Gasteiger partial charge in [0.25, 0.3) is 11.5 Å². The number of nitrogens with zero attached hydrogens (tertiary/aromatic N) is 4. The number of hydrogen-bond acceptors (Lipinski definition) is 6. The molecule has 0 fully saturated rings. The van der Waals surface area contributed by atoms with E-state index in [1.165, 1.54) is 29.3 Å². The maximum Gasteiger partial charge on any atom is 0.267 e. The highest BCUT2D eigenvalue weighted by Gasteiger charge is 2.25. The van der Waals surface area contributed by atoms with E-state index in [0.29, 0.717) is 18.2 Å². The highest BCUT2D eigenvalue weighted by Crippen LogP contribution is 2.21. The summed E-state index contributed by atoms with van der Waals surface area (Å²) in [6, 6.07) is -0.0246. The molecule has 3 heterocycles. The van der Waals surface area contributed by atoms with Gasteiger partial charge in [-0.2, -0.15) is 0 Å². The van der Waals surface area contributed by atoms with Crippen molar-refractivity contribution in [3.8, 4) is 0 Å². The zero-order valence-electron chi connectivity index (χ0n) is 12.4. The fraction of sp³-hybridized carbons (Fsp3) is 0.429. The van der Waals surface area contributed by atoms with E-state index in [2.05, 4.69) is 9.97 Å². The molecule has 0 unspecified atom stereocenters. The molecule has 0 aliphatic carbocycles. The second kappa shape index (κ2) is 6.21. The lowest BCUT2D eigenvalue weighted by atomic mass is 10.2. The van der Waals surface area contributed by atoms with Crippen LogP contribution >= 0.6 is 23.1 Å². The summed E-state index contributed by atoms with van der Waals surface area (Å²) in [5.41, 5.74) is -0.110. The van der Waals surface area contributed by atoms with E-state index in [9.17, 15) is 9.59 Å². The molecular weight excluding hydrogens is 320 g/mol. The van der Waals surface area contributed by atoms with Crippen LogP contribution < -0.4 is 5.56 Å². The van der Waals surface area contributed by atoms with Gasteiger partial charge in [0.05, 0.1) is 6.54 Å². The topological polar surface area (TPSA) is 68.1 Å². The first kappa shape index (κ1) is 15.2. The van der Waals surface area contributed by atoms with Crippen molar-refractivity contribution in [3.05, 3.63) is 38.7 Å². The van der Waals surface area contributed by atoms with Gasteiger partial charge in [0.15, 0.2) is 5.16 Å². The van der Waals surface area contributed by atoms with Gasteiger partial charge in [-0.05, 0) is 13.8 Å². The number of aromatic nitrogens is 3. The Balaban J connectivity index is 1.92. The normalized spacial score (nSPS) is 13.4. The molecule has 0 bridgehead atoms. The van der Waals surface area contributed by atoms with E-state index in [0.717, 1.165) is 10.8 Å². The van der Waals surface area contributed by atoms with Crippen molar-refractivity contribution >= 4 is 29.0 Å². The summed E-state index contributed by atoms with van der Waals surface area (Å²) in [5.74, 6) is 0.544. The SMILES string of the molecule is CC(C)N(Cc1nccs1)C(=O)c1cnc2n(c1=O)CCS2. The predicted molar refractivity (Wildman–Crippen MR) is 86.3 cm³/mol. The molecule has 2 aromatic heterocycles. The molecule has 6 nitrogen and oxygen atoms in total. The standard InChI is InChI=1S/C14H16N4O2S2/c1-9(2)18(8-11-15-3-5-21-11)13(20)10-7-16-14-17(12(10)19)4-6-22-14/h3,5,7,9H,4,6,8H2,1-2H3. The van der Waals surface area contributed by atoms with Crippen LogP contribution in [0, 0.1) is 0 Å². The molecule has 0 saturated carbocycles. The monoisotopic (exact) mass is 336 g/mol. The summed E-state index contributed by atoms with van der Waals surface area (Å²) in [6.07, 6.45) is 3.12. The summed E-state index contributed by atoms with van der Waals surface area (Å²) in [6.45, 7) is 4.88. The molecule has 3 rings (SSSR count). The molecule has 0 N–H and O–H groups in total. The molecule has 0 aromatic carbocycles. The van der Waals surface area contributed by atoms with Crippen molar-refractivity contribution < 1.29 is 4.79 Å². The van der Waals surface area contributed by atoms with Crippen molar-refractivity contribution in [1.82, 2.24) is 19.4 Å². The Hall–Kier alpha value is -1.67. The third kappa shape index (κ3) is 2.80. The minimum absolute atomic E-state index is 0.0246. The molecule has 8 heteroatoms. The number of carbonyl (C=O) groups excluding carboxylic acids is 1. The maximum atomic E-state index is 12.8. The van der Waals surface area contributed by atoms with Crippen LogP contribution in [0.25, 0.3) is 0 Å². The van der Waals surface area contributed by atoms with Gasteiger partial charge in [-0.25, -0.2) is 9.97 Å². The number of fused-ring (bicyclic) bond motifs is 1. The third-order valence-electron chi connectivity index (χ3n) is 3.46. The highest BCUT2D eigenvalue weighted by molar-refractivity contribution is 7.99. The molecule has 1 aliphatic rings. The van der Waals surface area contributed by atoms with Gasteiger partial charge in [0, 0.05) is 36.1 Å². The summed E-state index contributed by atoms with van der Waals surface area (Å²) in [4.78, 5) is 35.4. The van der Waals surface area contributed by atoms with E-state index in [4.69, 9.17) is 0 Å². The summed E-state index contributed by atoms with van der Waals surface area (Å²) in [7, 11) is 0. The van der Waals surface area contributed by atoms with E-state index < -0.39 is 0 Å². The van der Waals surface area contributed by atoms with Crippen molar-refractivity contribution in [2.75, 3.05) is 5.75 Å². The average molecular weight is 336 g/mol. The Morgan fingerprint density at radius 3 is 2.95 bits per heavy atom. The Bertz CT molecular complexity index is 740. The smallest absolute Gasteiger partial charge is 0.267 e. The Kier molecular flexibility index (Phi) is 4.30. The first-order valence-electron chi connectivity index (χ1n) is 7.00. The van der Waals surface area contributed by atoms with Gasteiger partial charge >= 0.3 is 0 Å². The Labute approximate surface area is 136 Å². The fourth-order valence-electron chi connectivity index (χ4n) is 2.28. The zero-order valence-corrected chi connectivity index (χ0v) is 14.0. The van der Waals surface area contributed by atoms with E-state index in [1.54, 1.807) is 15.7 Å². The van der Waals surface area contributed by atoms with Gasteiger partial charge in [-0.1, -0.05) is 11.8 Å². The third-order valence-corrected chi connectivity index (χ3v) is 5.20. The quantitative estimate of drug-likeness (QED) is 0.797. The van der Waals surface area contributed by atoms with Gasteiger partial charge in [0.1, 0.15) is 10.6 Å². The predicted octanol–water partition coefficient (Wildman–Crippen LogP) is 1.86.